The van der Waals surface area contributed by atoms with Crippen molar-refractivity contribution >= 4 is 19.9 Å². The van der Waals surface area contributed by atoms with E-state index in [4.69, 9.17) is 34.2 Å². The zero-order valence-electron chi connectivity index (χ0n) is 23.6. The predicted molar refractivity (Wildman–Crippen MR) is 140 cm³/mol. The second kappa shape index (κ2) is 11.9. The van der Waals surface area contributed by atoms with Crippen molar-refractivity contribution in [2.45, 2.75) is 84.1 Å². The molecular formula is C25H36N3O11P. The number of H-pyrrole nitrogens is 1. The van der Waals surface area contributed by atoms with Gasteiger partial charge in [0.05, 0.1) is 31.8 Å². The maximum atomic E-state index is 13.6. The number of likely N-dealkylation sites (N-methyl/N-ethyl adjacent to an activating group) is 1. The topological polar surface area (TPSA) is 165 Å². The third-order valence-corrected chi connectivity index (χ3v) is 7.64. The lowest BCUT2D eigenvalue weighted by Gasteiger charge is -2.36. The molecule has 2 aliphatic rings. The smallest absolute Gasteiger partial charge is 0.463 e. The Morgan fingerprint density at radius 1 is 1.35 bits per heavy atom. The molecule has 3 rings (SSSR count). The third-order valence-electron chi connectivity index (χ3n) is 6.22. The molecule has 14 nitrogen and oxygen atoms in total. The molecule has 6 atom stereocenters. The predicted octanol–water partition coefficient (Wildman–Crippen LogP) is 2.19. The molecule has 222 valence electrons. The van der Waals surface area contributed by atoms with Gasteiger partial charge in [-0.2, -0.15) is 0 Å². The highest BCUT2D eigenvalue weighted by atomic mass is 31.2. The van der Waals surface area contributed by atoms with Crippen LogP contribution in [-0.2, 0) is 37.1 Å². The van der Waals surface area contributed by atoms with E-state index in [-0.39, 0.29) is 13.0 Å². The SMILES string of the molecule is C#C[C@]1(C)[C@@H]2O[P@@](=O)(OCC(CC(=O)OC(C)C)N(C)C(=O)OC(C)(C)C)OC[C@H]2O[C@H]1n1ccc(=O)[nH]c1=O. The number of nitrogens with one attached hydrogen (secondary N) is 1. The van der Waals surface area contributed by atoms with Gasteiger partial charge in [-0.15, -0.1) is 6.42 Å². The molecule has 0 aromatic carbocycles. The Kier molecular flexibility index (Phi) is 9.38. The second-order valence-electron chi connectivity index (χ2n) is 11.0. The number of carbonyl (C=O) groups is 2. The van der Waals surface area contributed by atoms with Crippen LogP contribution in [0.2, 0.25) is 0 Å². The molecule has 0 spiro atoms. The van der Waals surface area contributed by atoms with Gasteiger partial charge < -0.3 is 19.1 Å². The number of ether oxygens (including phenoxy) is 3. The Labute approximate surface area is 231 Å². The van der Waals surface area contributed by atoms with Gasteiger partial charge in [0, 0.05) is 19.3 Å². The summed E-state index contributed by atoms with van der Waals surface area (Å²) in [5, 5.41) is 0. The number of phosphoric ester groups is 1. The van der Waals surface area contributed by atoms with E-state index in [9.17, 15) is 23.7 Å². The standard InChI is InChI=1S/C25H36N3O11P/c1-9-25(7)20-17(37-21(25)28-11-10-18(29)26-22(28)31)14-35-40(33,39-20)34-13-16(12-19(30)36-15(2)3)27(8)23(32)38-24(4,5)6/h1,10-11,15-17,20-21H,12-14H2,2-8H3,(H,26,29,31)/t16?,17-,20-,21-,25-,40+/m1/s1. The first-order chi connectivity index (χ1) is 18.5. The van der Waals surface area contributed by atoms with Crippen molar-refractivity contribution in [3.05, 3.63) is 33.1 Å². The minimum atomic E-state index is -4.30. The molecule has 0 aliphatic carbocycles. The summed E-state index contributed by atoms with van der Waals surface area (Å²) in [6.07, 6.45) is 2.72. The summed E-state index contributed by atoms with van der Waals surface area (Å²) in [6.45, 7) is 9.32. The number of esters is 1. The van der Waals surface area contributed by atoms with Gasteiger partial charge >= 0.3 is 25.6 Å². The van der Waals surface area contributed by atoms with E-state index in [0.29, 0.717) is 0 Å². The molecule has 1 unspecified atom stereocenters. The van der Waals surface area contributed by atoms with Crippen LogP contribution < -0.4 is 11.2 Å². The number of amides is 1. The van der Waals surface area contributed by atoms with Crippen molar-refractivity contribution in [1.29, 1.82) is 0 Å². The molecule has 0 saturated carbocycles. The van der Waals surface area contributed by atoms with E-state index in [1.807, 2.05) is 0 Å². The van der Waals surface area contributed by atoms with Gasteiger partial charge in [-0.05, 0) is 41.5 Å². The number of carbonyl (C=O) groups excluding carboxylic acids is 2. The van der Waals surface area contributed by atoms with Gasteiger partial charge in [0.2, 0.25) is 0 Å². The summed E-state index contributed by atoms with van der Waals surface area (Å²) >= 11 is 0. The third kappa shape index (κ3) is 7.21. The Morgan fingerprint density at radius 2 is 2.02 bits per heavy atom. The Balaban J connectivity index is 1.80. The highest BCUT2D eigenvalue weighted by molar-refractivity contribution is 7.48. The molecule has 2 saturated heterocycles. The van der Waals surface area contributed by atoms with Crippen molar-refractivity contribution in [2.75, 3.05) is 20.3 Å². The van der Waals surface area contributed by atoms with Gasteiger partial charge in [-0.1, -0.05) is 5.92 Å². The maximum Gasteiger partial charge on any atom is 0.475 e. The largest absolute Gasteiger partial charge is 0.475 e. The lowest BCUT2D eigenvalue weighted by atomic mass is 9.83. The van der Waals surface area contributed by atoms with Gasteiger partial charge in [-0.25, -0.2) is 14.2 Å². The average molecular weight is 586 g/mol. The molecule has 1 N–H and O–H groups in total. The first kappa shape index (κ1) is 31.6. The lowest BCUT2D eigenvalue weighted by Crippen LogP contribution is -2.45. The number of nitrogens with zero attached hydrogens (tertiary/aromatic N) is 2. The van der Waals surface area contributed by atoms with Crippen molar-refractivity contribution in [3.8, 4) is 12.3 Å². The number of terminal acetylenes is 1. The van der Waals surface area contributed by atoms with E-state index >= 15 is 0 Å². The minimum Gasteiger partial charge on any atom is -0.463 e. The molecule has 0 bridgehead atoms. The molecule has 1 aromatic heterocycles. The molecule has 3 heterocycles. The zero-order valence-corrected chi connectivity index (χ0v) is 24.5. The van der Waals surface area contributed by atoms with Crippen LogP contribution in [0.3, 0.4) is 0 Å². The quantitative estimate of drug-likeness (QED) is 0.270. The van der Waals surface area contributed by atoms with Gasteiger partial charge in [0.15, 0.2) is 6.23 Å². The van der Waals surface area contributed by atoms with Gasteiger partial charge in [0.1, 0.15) is 23.2 Å². The summed E-state index contributed by atoms with van der Waals surface area (Å²) in [4.78, 5) is 52.4. The molecular weight excluding hydrogens is 549 g/mol. The molecule has 1 aromatic rings. The van der Waals surface area contributed by atoms with Crippen LogP contribution >= 0.6 is 7.82 Å². The fourth-order valence-corrected chi connectivity index (χ4v) is 5.72. The Bertz CT molecular complexity index is 1310. The summed E-state index contributed by atoms with van der Waals surface area (Å²) < 4.78 is 48.0. The summed E-state index contributed by atoms with van der Waals surface area (Å²) in [5.41, 5.74) is -3.48. The number of rotatable bonds is 8. The number of aromatic amines is 1. The summed E-state index contributed by atoms with van der Waals surface area (Å²) in [6, 6.07) is 0.184. The number of hydrogen-bond donors (Lipinski definition) is 1. The zero-order chi connectivity index (χ0) is 30.0. The second-order valence-corrected chi connectivity index (χ2v) is 12.6. The van der Waals surface area contributed by atoms with Crippen molar-refractivity contribution in [1.82, 2.24) is 14.5 Å². The normalized spacial score (nSPS) is 28.8. The van der Waals surface area contributed by atoms with E-state index in [1.54, 1.807) is 41.5 Å². The van der Waals surface area contributed by atoms with Crippen LogP contribution in [-0.4, -0.2) is 76.7 Å². The van der Waals surface area contributed by atoms with Crippen LogP contribution in [0.25, 0.3) is 0 Å². The summed E-state index contributed by atoms with van der Waals surface area (Å²) in [7, 11) is -2.89. The molecule has 2 fully saturated rings. The van der Waals surface area contributed by atoms with E-state index in [1.165, 1.54) is 13.2 Å². The van der Waals surface area contributed by atoms with E-state index in [0.717, 1.165) is 15.5 Å². The van der Waals surface area contributed by atoms with Gasteiger partial charge in [0.25, 0.3) is 5.56 Å². The van der Waals surface area contributed by atoms with Crippen LogP contribution in [0, 0.1) is 17.8 Å². The molecule has 0 radical (unpaired) electrons. The van der Waals surface area contributed by atoms with Crippen molar-refractivity contribution in [2.24, 2.45) is 5.41 Å². The number of phosphoric acid groups is 1. The molecule has 15 heteroatoms. The van der Waals surface area contributed by atoms with Crippen molar-refractivity contribution < 1.29 is 41.9 Å². The monoisotopic (exact) mass is 585 g/mol. The van der Waals surface area contributed by atoms with E-state index < -0.39 is 79.3 Å². The first-order valence-corrected chi connectivity index (χ1v) is 14.1. The Morgan fingerprint density at radius 3 is 2.60 bits per heavy atom. The number of aromatic nitrogens is 2. The summed E-state index contributed by atoms with van der Waals surface area (Å²) in [5.74, 6) is 1.96. The van der Waals surface area contributed by atoms with Crippen LogP contribution in [0.4, 0.5) is 4.79 Å². The van der Waals surface area contributed by atoms with Gasteiger partial charge in [-0.3, -0.25) is 32.7 Å². The minimum absolute atomic E-state index is 0.254. The highest BCUT2D eigenvalue weighted by Gasteiger charge is 2.60. The average Bonchev–Trinajstić information content (AvgIpc) is 3.11. The molecule has 1 amide bonds. The number of hydrogen-bond acceptors (Lipinski definition) is 11. The van der Waals surface area contributed by atoms with Crippen molar-refractivity contribution in [3.63, 3.8) is 0 Å². The Hall–Kier alpha value is -2.95. The van der Waals surface area contributed by atoms with E-state index in [2.05, 4.69) is 10.9 Å². The lowest BCUT2D eigenvalue weighted by molar-refractivity contribution is -0.149. The van der Waals surface area contributed by atoms with Crippen LogP contribution in [0.1, 0.15) is 54.2 Å². The van der Waals surface area contributed by atoms with Crippen LogP contribution in [0.15, 0.2) is 21.9 Å². The van der Waals surface area contributed by atoms with Crippen LogP contribution in [0.5, 0.6) is 0 Å². The first-order valence-electron chi connectivity index (χ1n) is 12.7. The maximum absolute atomic E-state index is 13.6. The molecule has 40 heavy (non-hydrogen) atoms. The number of fused-ring (bicyclic) bond motifs is 1. The fraction of sp³-hybridized carbons (Fsp3) is 0.680. The highest BCUT2D eigenvalue weighted by Crippen LogP contribution is 2.60. The molecule has 2 aliphatic heterocycles. The fourth-order valence-electron chi connectivity index (χ4n) is 4.20.